The van der Waals surface area contributed by atoms with Gasteiger partial charge in [-0.2, -0.15) is 0 Å². The van der Waals surface area contributed by atoms with E-state index < -0.39 is 0 Å². The van der Waals surface area contributed by atoms with Gasteiger partial charge in [-0.3, -0.25) is 4.79 Å². The zero-order valence-corrected chi connectivity index (χ0v) is 12.5. The maximum absolute atomic E-state index is 12.2. The van der Waals surface area contributed by atoms with E-state index >= 15 is 0 Å². The lowest BCUT2D eigenvalue weighted by atomic mass is 10.1. The van der Waals surface area contributed by atoms with Gasteiger partial charge in [-0.25, -0.2) is 0 Å². The Kier molecular flexibility index (Phi) is 4.61. The molecule has 4 heteroatoms. The van der Waals surface area contributed by atoms with Crippen LogP contribution in [0, 0.1) is 0 Å². The number of halogens is 1. The average molecular weight is 294 g/mol. The van der Waals surface area contributed by atoms with Crippen LogP contribution in [0.2, 0.25) is 5.02 Å². The highest BCUT2D eigenvalue weighted by atomic mass is 35.5. The Balaban J connectivity index is 2.06. The van der Waals surface area contributed by atoms with Crippen molar-refractivity contribution >= 4 is 28.8 Å². The molecular weight excluding hydrogens is 278 g/mol. The van der Waals surface area contributed by atoms with Crippen molar-refractivity contribution in [1.82, 2.24) is 4.90 Å². The molecule has 19 heavy (non-hydrogen) atoms. The minimum absolute atomic E-state index is 0.0196. The van der Waals surface area contributed by atoms with Crippen LogP contribution in [0.5, 0.6) is 0 Å². The van der Waals surface area contributed by atoms with Crippen molar-refractivity contribution in [2.45, 2.75) is 19.4 Å². The van der Waals surface area contributed by atoms with Crippen molar-refractivity contribution < 1.29 is 4.79 Å². The van der Waals surface area contributed by atoms with Gasteiger partial charge in [0.2, 0.25) is 5.91 Å². The van der Waals surface area contributed by atoms with Crippen molar-refractivity contribution in [1.29, 1.82) is 0 Å². The van der Waals surface area contributed by atoms with Gasteiger partial charge in [-0.05, 0) is 36.1 Å². The molecule has 2 rings (SSSR count). The van der Waals surface area contributed by atoms with E-state index in [0.717, 1.165) is 10.4 Å². The van der Waals surface area contributed by atoms with E-state index in [1.807, 2.05) is 55.7 Å². The molecule has 0 aliphatic heterocycles. The normalized spacial score (nSPS) is 12.2. The number of hydrogen-bond acceptors (Lipinski definition) is 2. The highest BCUT2D eigenvalue weighted by molar-refractivity contribution is 7.10. The Morgan fingerprint density at radius 1 is 1.37 bits per heavy atom. The molecule has 100 valence electrons. The fourth-order valence-electron chi connectivity index (χ4n) is 1.89. The van der Waals surface area contributed by atoms with E-state index in [4.69, 9.17) is 11.6 Å². The van der Waals surface area contributed by atoms with Gasteiger partial charge in [0.1, 0.15) is 0 Å². The van der Waals surface area contributed by atoms with Gasteiger partial charge in [0.15, 0.2) is 0 Å². The van der Waals surface area contributed by atoms with E-state index in [0.29, 0.717) is 11.4 Å². The van der Waals surface area contributed by atoms with E-state index in [1.54, 1.807) is 16.2 Å². The first-order chi connectivity index (χ1) is 9.08. The standard InChI is InChI=1S/C15H16ClNOS/c1-11(12-5-3-6-13(16)9-12)17(2)15(18)10-14-7-4-8-19-14/h3-9,11H,10H2,1-2H3. The number of nitrogens with zero attached hydrogens (tertiary/aromatic N) is 1. The Labute approximate surface area is 122 Å². The van der Waals surface area contributed by atoms with Crippen LogP contribution < -0.4 is 0 Å². The molecule has 0 N–H and O–H groups in total. The fraction of sp³-hybridized carbons (Fsp3) is 0.267. The molecular formula is C15H16ClNOS. The monoisotopic (exact) mass is 293 g/mol. The number of thiophene rings is 1. The predicted molar refractivity (Wildman–Crippen MR) is 80.7 cm³/mol. The van der Waals surface area contributed by atoms with Crippen molar-refractivity contribution in [3.8, 4) is 0 Å². The third kappa shape index (κ3) is 3.58. The van der Waals surface area contributed by atoms with Crippen molar-refractivity contribution in [3.63, 3.8) is 0 Å². The third-order valence-corrected chi connectivity index (χ3v) is 4.32. The molecule has 0 aliphatic rings. The van der Waals surface area contributed by atoms with Gasteiger partial charge in [-0.15, -0.1) is 11.3 Å². The molecule has 0 bridgehead atoms. The summed E-state index contributed by atoms with van der Waals surface area (Å²) in [5, 5.41) is 2.69. The van der Waals surface area contributed by atoms with E-state index in [1.165, 1.54) is 0 Å². The summed E-state index contributed by atoms with van der Waals surface area (Å²) in [5.74, 6) is 0.120. The molecule has 1 aromatic heterocycles. The molecule has 2 nitrogen and oxygen atoms in total. The molecule has 1 heterocycles. The number of rotatable bonds is 4. The maximum atomic E-state index is 12.2. The summed E-state index contributed by atoms with van der Waals surface area (Å²) >= 11 is 7.60. The van der Waals surface area contributed by atoms with Crippen LogP contribution >= 0.6 is 22.9 Å². The van der Waals surface area contributed by atoms with Crippen molar-refractivity contribution in [2.24, 2.45) is 0 Å². The Morgan fingerprint density at radius 3 is 2.79 bits per heavy atom. The van der Waals surface area contributed by atoms with Gasteiger partial charge in [0.25, 0.3) is 0 Å². The van der Waals surface area contributed by atoms with E-state index in [-0.39, 0.29) is 11.9 Å². The second-order valence-electron chi connectivity index (χ2n) is 4.49. The molecule has 0 spiro atoms. The topological polar surface area (TPSA) is 20.3 Å². The van der Waals surface area contributed by atoms with Gasteiger partial charge in [0.05, 0.1) is 12.5 Å². The summed E-state index contributed by atoms with van der Waals surface area (Å²) in [5.41, 5.74) is 1.05. The lowest BCUT2D eigenvalue weighted by molar-refractivity contribution is -0.131. The average Bonchev–Trinajstić information content (AvgIpc) is 2.89. The summed E-state index contributed by atoms with van der Waals surface area (Å²) in [6.07, 6.45) is 0.457. The van der Waals surface area contributed by atoms with Crippen LogP contribution in [0.25, 0.3) is 0 Å². The minimum atomic E-state index is 0.0196. The van der Waals surface area contributed by atoms with Crippen LogP contribution in [0.3, 0.4) is 0 Å². The Hall–Kier alpha value is -1.32. The molecule has 1 amide bonds. The molecule has 0 saturated carbocycles. The Morgan fingerprint density at radius 2 is 2.16 bits per heavy atom. The summed E-state index contributed by atoms with van der Waals surface area (Å²) in [7, 11) is 1.83. The number of carbonyl (C=O) groups is 1. The first-order valence-corrected chi connectivity index (χ1v) is 7.37. The van der Waals surface area contributed by atoms with Crippen LogP contribution in [-0.2, 0) is 11.2 Å². The van der Waals surface area contributed by atoms with E-state index in [2.05, 4.69) is 0 Å². The number of hydrogen-bond donors (Lipinski definition) is 0. The molecule has 0 radical (unpaired) electrons. The highest BCUT2D eigenvalue weighted by Gasteiger charge is 2.18. The lowest BCUT2D eigenvalue weighted by Gasteiger charge is -2.25. The van der Waals surface area contributed by atoms with Gasteiger partial charge in [-0.1, -0.05) is 29.8 Å². The van der Waals surface area contributed by atoms with Crippen molar-refractivity contribution in [3.05, 3.63) is 57.2 Å². The lowest BCUT2D eigenvalue weighted by Crippen LogP contribution is -2.30. The van der Waals surface area contributed by atoms with E-state index in [9.17, 15) is 4.79 Å². The maximum Gasteiger partial charge on any atom is 0.228 e. The summed E-state index contributed by atoms with van der Waals surface area (Å²) in [6.45, 7) is 2.01. The molecule has 0 aliphatic carbocycles. The van der Waals surface area contributed by atoms with Crippen LogP contribution in [0.1, 0.15) is 23.4 Å². The van der Waals surface area contributed by atoms with Crippen LogP contribution in [0.4, 0.5) is 0 Å². The molecule has 1 unspecified atom stereocenters. The van der Waals surface area contributed by atoms with Gasteiger partial charge in [0, 0.05) is 16.9 Å². The largest absolute Gasteiger partial charge is 0.339 e. The Bertz CT molecular complexity index is 553. The van der Waals surface area contributed by atoms with Gasteiger partial charge >= 0.3 is 0 Å². The predicted octanol–water partition coefficient (Wildman–Crippen LogP) is 4.16. The number of carbonyl (C=O) groups excluding carboxylic acids is 1. The number of benzene rings is 1. The first-order valence-electron chi connectivity index (χ1n) is 6.11. The smallest absolute Gasteiger partial charge is 0.228 e. The number of likely N-dealkylation sites (N-methyl/N-ethyl adjacent to an activating group) is 1. The summed E-state index contributed by atoms with van der Waals surface area (Å²) < 4.78 is 0. The molecule has 0 fully saturated rings. The quantitative estimate of drug-likeness (QED) is 0.829. The SMILES string of the molecule is CC(c1cccc(Cl)c1)N(C)C(=O)Cc1cccs1. The molecule has 0 saturated heterocycles. The second kappa shape index (κ2) is 6.22. The molecule has 2 aromatic rings. The van der Waals surface area contributed by atoms with Crippen LogP contribution in [0.15, 0.2) is 41.8 Å². The fourth-order valence-corrected chi connectivity index (χ4v) is 2.79. The zero-order chi connectivity index (χ0) is 13.8. The van der Waals surface area contributed by atoms with Crippen LogP contribution in [-0.4, -0.2) is 17.9 Å². The van der Waals surface area contributed by atoms with Crippen molar-refractivity contribution in [2.75, 3.05) is 7.05 Å². The second-order valence-corrected chi connectivity index (χ2v) is 5.96. The number of amides is 1. The minimum Gasteiger partial charge on any atom is -0.339 e. The highest BCUT2D eigenvalue weighted by Crippen LogP contribution is 2.23. The summed E-state index contributed by atoms with van der Waals surface area (Å²) in [6, 6.07) is 11.6. The third-order valence-electron chi connectivity index (χ3n) is 3.21. The molecule has 1 atom stereocenters. The molecule has 1 aromatic carbocycles. The summed E-state index contributed by atoms with van der Waals surface area (Å²) in [4.78, 5) is 15.1. The van der Waals surface area contributed by atoms with Gasteiger partial charge < -0.3 is 4.90 Å². The zero-order valence-electron chi connectivity index (χ0n) is 11.0. The first kappa shape index (κ1) is 14.1.